The number of hydrogen-bond acceptors (Lipinski definition) is 4. The van der Waals surface area contributed by atoms with Crippen LogP contribution in [-0.2, 0) is 17.8 Å². The molecule has 0 atom stereocenters. The molecule has 3 aromatic rings. The van der Waals surface area contributed by atoms with Crippen molar-refractivity contribution in [3.8, 4) is 0 Å². The number of nitro groups is 1. The lowest BCUT2D eigenvalue weighted by Gasteiger charge is -2.07. The molecule has 0 saturated heterocycles. The molecule has 0 aliphatic rings. The zero-order chi connectivity index (χ0) is 17.8. The van der Waals surface area contributed by atoms with Crippen LogP contribution in [0.3, 0.4) is 0 Å². The van der Waals surface area contributed by atoms with E-state index in [0.29, 0.717) is 24.0 Å². The third kappa shape index (κ3) is 3.79. The number of nitrogens with zero attached hydrogens (tertiary/aromatic N) is 3. The number of benzene rings is 2. The summed E-state index contributed by atoms with van der Waals surface area (Å²) in [6, 6.07) is 10.8. The van der Waals surface area contributed by atoms with Crippen LogP contribution in [-0.4, -0.2) is 26.9 Å². The Morgan fingerprint density at radius 2 is 2.08 bits per heavy atom. The number of non-ortho nitro benzene ring substituents is 1. The van der Waals surface area contributed by atoms with Gasteiger partial charge in [0.2, 0.25) is 5.91 Å². The first-order valence-electron chi connectivity index (χ1n) is 7.64. The third-order valence-electron chi connectivity index (χ3n) is 3.75. The van der Waals surface area contributed by atoms with Crippen LogP contribution in [0.15, 0.2) is 48.8 Å². The van der Waals surface area contributed by atoms with Crippen molar-refractivity contribution in [3.63, 3.8) is 0 Å². The summed E-state index contributed by atoms with van der Waals surface area (Å²) >= 11 is 0. The molecule has 3 rings (SSSR count). The average molecular weight is 342 g/mol. The first kappa shape index (κ1) is 16.6. The van der Waals surface area contributed by atoms with Gasteiger partial charge in [-0.2, -0.15) is 0 Å². The lowest BCUT2D eigenvalue weighted by atomic mass is 10.1. The molecule has 0 spiro atoms. The molecule has 1 heterocycles. The predicted molar refractivity (Wildman–Crippen MR) is 89.5 cm³/mol. The third-order valence-corrected chi connectivity index (χ3v) is 3.75. The molecule has 0 aliphatic heterocycles. The Bertz CT molecular complexity index is 939. The van der Waals surface area contributed by atoms with Crippen molar-refractivity contribution >= 4 is 22.6 Å². The molecule has 0 saturated carbocycles. The topological polar surface area (TPSA) is 90.1 Å². The number of carbonyl (C=O) groups excluding carboxylic acids is 1. The number of amides is 1. The highest BCUT2D eigenvalue weighted by Gasteiger charge is 2.17. The highest BCUT2D eigenvalue weighted by Crippen LogP contribution is 2.24. The molecule has 25 heavy (non-hydrogen) atoms. The lowest BCUT2D eigenvalue weighted by molar-refractivity contribution is -0.383. The molecule has 1 aromatic heterocycles. The van der Waals surface area contributed by atoms with Gasteiger partial charge in [0.1, 0.15) is 17.9 Å². The second kappa shape index (κ2) is 7.08. The number of halogens is 1. The van der Waals surface area contributed by atoms with Gasteiger partial charge in [-0.15, -0.1) is 0 Å². The van der Waals surface area contributed by atoms with Crippen molar-refractivity contribution in [1.82, 2.24) is 14.9 Å². The normalized spacial score (nSPS) is 10.8. The van der Waals surface area contributed by atoms with Gasteiger partial charge >= 0.3 is 0 Å². The number of nitrogens with one attached hydrogen (secondary N) is 1. The van der Waals surface area contributed by atoms with E-state index in [1.54, 1.807) is 24.3 Å². The van der Waals surface area contributed by atoms with Gasteiger partial charge in [-0.1, -0.05) is 18.2 Å². The van der Waals surface area contributed by atoms with E-state index in [-0.39, 0.29) is 24.0 Å². The Labute approximate surface area is 142 Å². The van der Waals surface area contributed by atoms with Gasteiger partial charge in [0.05, 0.1) is 16.8 Å². The summed E-state index contributed by atoms with van der Waals surface area (Å²) in [5.74, 6) is -0.616. The molecular formula is C17H15FN4O3. The smallest absolute Gasteiger partial charge is 0.295 e. The monoisotopic (exact) mass is 342 g/mol. The molecule has 0 fully saturated rings. The number of aromatic nitrogens is 2. The first-order valence-corrected chi connectivity index (χ1v) is 7.64. The van der Waals surface area contributed by atoms with E-state index in [1.165, 1.54) is 29.1 Å². The van der Waals surface area contributed by atoms with E-state index in [2.05, 4.69) is 10.3 Å². The van der Waals surface area contributed by atoms with Crippen molar-refractivity contribution in [3.05, 3.63) is 70.3 Å². The maximum absolute atomic E-state index is 13.1. The summed E-state index contributed by atoms with van der Waals surface area (Å²) < 4.78 is 14.6. The number of carbonyl (C=O) groups is 1. The minimum absolute atomic E-state index is 0.0789. The van der Waals surface area contributed by atoms with Crippen LogP contribution >= 0.6 is 0 Å². The summed E-state index contributed by atoms with van der Waals surface area (Å²) in [5.41, 5.74) is 1.46. The van der Waals surface area contributed by atoms with E-state index in [9.17, 15) is 19.3 Å². The molecule has 1 N–H and O–H groups in total. The Balaban J connectivity index is 1.65. The minimum Gasteiger partial charge on any atom is -0.354 e. The van der Waals surface area contributed by atoms with E-state index >= 15 is 0 Å². The Hall–Kier alpha value is -3.29. The fourth-order valence-electron chi connectivity index (χ4n) is 2.62. The maximum Gasteiger partial charge on any atom is 0.295 e. The summed E-state index contributed by atoms with van der Waals surface area (Å²) in [6.45, 7) is 0.265. The fourth-order valence-corrected chi connectivity index (χ4v) is 2.62. The van der Waals surface area contributed by atoms with E-state index in [1.807, 2.05) is 0 Å². The van der Waals surface area contributed by atoms with E-state index in [4.69, 9.17) is 0 Å². The van der Waals surface area contributed by atoms with Gasteiger partial charge in [0.15, 0.2) is 0 Å². The zero-order valence-electron chi connectivity index (χ0n) is 13.2. The van der Waals surface area contributed by atoms with Gasteiger partial charge in [-0.25, -0.2) is 9.37 Å². The largest absolute Gasteiger partial charge is 0.354 e. The van der Waals surface area contributed by atoms with Gasteiger partial charge in [0, 0.05) is 12.6 Å². The lowest BCUT2D eigenvalue weighted by Crippen LogP contribution is -2.29. The van der Waals surface area contributed by atoms with Crippen LogP contribution in [0.2, 0.25) is 0 Å². The molecule has 128 valence electrons. The molecule has 0 aliphatic carbocycles. The molecule has 1 amide bonds. The number of para-hydroxylation sites is 1. The van der Waals surface area contributed by atoms with Crippen LogP contribution in [0.25, 0.3) is 11.0 Å². The number of fused-ring (bicyclic) bond motifs is 1. The number of hydrogen-bond donors (Lipinski definition) is 1. The van der Waals surface area contributed by atoms with Gasteiger partial charge in [0.25, 0.3) is 5.69 Å². The minimum atomic E-state index is -0.498. The molecule has 0 radical (unpaired) electrons. The van der Waals surface area contributed by atoms with E-state index < -0.39 is 4.92 Å². The maximum atomic E-state index is 13.1. The zero-order valence-corrected chi connectivity index (χ0v) is 13.2. The average Bonchev–Trinajstić information content (AvgIpc) is 2.98. The van der Waals surface area contributed by atoms with Gasteiger partial charge < -0.3 is 9.88 Å². The number of imidazole rings is 1. The van der Waals surface area contributed by atoms with Crippen molar-refractivity contribution in [2.75, 3.05) is 6.54 Å². The highest BCUT2D eigenvalue weighted by atomic mass is 19.1. The van der Waals surface area contributed by atoms with Crippen LogP contribution in [0, 0.1) is 15.9 Å². The Morgan fingerprint density at radius 3 is 2.84 bits per heavy atom. The standard InChI is InChI=1S/C17H15FN4O3/c18-13-4-1-3-12(9-13)7-8-19-16(23)10-21-11-20-14-5-2-6-15(17(14)21)22(24)25/h1-6,9,11H,7-8,10H2,(H,19,23). The SMILES string of the molecule is O=C(Cn1cnc2cccc([N+](=O)[O-])c21)NCCc1cccc(F)c1. The van der Waals surface area contributed by atoms with Crippen LogP contribution in [0.4, 0.5) is 10.1 Å². The second-order valence-electron chi connectivity index (χ2n) is 5.50. The van der Waals surface area contributed by atoms with E-state index in [0.717, 1.165) is 5.56 Å². The molecule has 2 aromatic carbocycles. The highest BCUT2D eigenvalue weighted by molar-refractivity contribution is 5.86. The summed E-state index contributed by atoms with van der Waals surface area (Å²) in [6.07, 6.45) is 1.90. The van der Waals surface area contributed by atoms with Gasteiger partial charge in [-0.05, 0) is 30.2 Å². The van der Waals surface area contributed by atoms with Crippen molar-refractivity contribution in [1.29, 1.82) is 0 Å². The predicted octanol–water partition coefficient (Wildman–Crippen LogP) is 2.44. The summed E-state index contributed by atoms with van der Waals surface area (Å²) in [7, 11) is 0. The molecule has 0 bridgehead atoms. The van der Waals surface area contributed by atoms with Crippen molar-refractivity contribution in [2.45, 2.75) is 13.0 Å². The Kier molecular flexibility index (Phi) is 4.69. The number of nitro benzene ring substituents is 1. The fraction of sp³-hybridized carbons (Fsp3) is 0.176. The molecular weight excluding hydrogens is 327 g/mol. The summed E-state index contributed by atoms with van der Waals surface area (Å²) in [5, 5.41) is 13.9. The van der Waals surface area contributed by atoms with Crippen LogP contribution in [0.5, 0.6) is 0 Å². The molecule has 8 heteroatoms. The van der Waals surface area contributed by atoms with Gasteiger partial charge in [-0.3, -0.25) is 14.9 Å². The molecule has 0 unspecified atom stereocenters. The Morgan fingerprint density at radius 1 is 1.28 bits per heavy atom. The summed E-state index contributed by atoms with van der Waals surface area (Å²) in [4.78, 5) is 26.8. The molecule has 7 nitrogen and oxygen atoms in total. The van der Waals surface area contributed by atoms with Crippen LogP contribution < -0.4 is 5.32 Å². The number of rotatable bonds is 6. The van der Waals surface area contributed by atoms with Crippen molar-refractivity contribution in [2.24, 2.45) is 0 Å². The quantitative estimate of drug-likeness (QED) is 0.550. The van der Waals surface area contributed by atoms with Crippen LogP contribution in [0.1, 0.15) is 5.56 Å². The first-order chi connectivity index (χ1) is 12.0. The second-order valence-corrected chi connectivity index (χ2v) is 5.50. The van der Waals surface area contributed by atoms with Crippen molar-refractivity contribution < 1.29 is 14.1 Å².